The molecule has 1 aromatic carbocycles. The van der Waals surface area contributed by atoms with Crippen LogP contribution in [0.4, 0.5) is 0 Å². The molecule has 62 valence electrons. The van der Waals surface area contributed by atoms with Crippen LogP contribution in [0, 0.1) is 0 Å². The maximum absolute atomic E-state index is 5.04. The lowest BCUT2D eigenvalue weighted by atomic mass is 10.1. The molecule has 1 aromatic rings. The van der Waals surface area contributed by atoms with E-state index in [-0.39, 0.29) is 5.66 Å². The van der Waals surface area contributed by atoms with E-state index in [1.165, 1.54) is 0 Å². The van der Waals surface area contributed by atoms with Gasteiger partial charge in [0.2, 0.25) is 5.66 Å². The predicted molar refractivity (Wildman–Crippen MR) is 45.2 cm³/mol. The fraction of sp³-hybridized carbons (Fsp3) is 0.333. The first-order valence-corrected chi connectivity index (χ1v) is 3.83. The molecular formula is C9H10N2O. The van der Waals surface area contributed by atoms with E-state index in [1.807, 2.05) is 31.2 Å². The average Bonchev–Trinajstić information content (AvgIpc) is 2.85. The van der Waals surface area contributed by atoms with Gasteiger partial charge in [0.15, 0.2) is 0 Å². The first-order valence-electron chi connectivity index (χ1n) is 3.83. The number of hydrogen-bond acceptors (Lipinski definition) is 3. The molecule has 0 unspecified atom stereocenters. The van der Waals surface area contributed by atoms with E-state index in [2.05, 4.69) is 10.2 Å². The summed E-state index contributed by atoms with van der Waals surface area (Å²) in [5.74, 6) is 0.864. The average molecular weight is 162 g/mol. The molecule has 0 radical (unpaired) electrons. The second-order valence-corrected chi connectivity index (χ2v) is 2.95. The summed E-state index contributed by atoms with van der Waals surface area (Å²) in [4.78, 5) is 0. The summed E-state index contributed by atoms with van der Waals surface area (Å²) in [5, 5.41) is 7.89. The van der Waals surface area contributed by atoms with Gasteiger partial charge in [-0.05, 0) is 19.1 Å². The zero-order valence-corrected chi connectivity index (χ0v) is 7.11. The van der Waals surface area contributed by atoms with Crippen LogP contribution in [0.1, 0.15) is 12.5 Å². The summed E-state index contributed by atoms with van der Waals surface area (Å²) < 4.78 is 5.04. The van der Waals surface area contributed by atoms with E-state index in [4.69, 9.17) is 4.74 Å². The van der Waals surface area contributed by atoms with Gasteiger partial charge in [0.25, 0.3) is 0 Å². The number of rotatable bonds is 2. The zero-order chi connectivity index (χ0) is 8.60. The van der Waals surface area contributed by atoms with Crippen molar-refractivity contribution >= 4 is 0 Å². The van der Waals surface area contributed by atoms with Gasteiger partial charge in [-0.25, -0.2) is 0 Å². The van der Waals surface area contributed by atoms with Crippen LogP contribution in [0.2, 0.25) is 0 Å². The SMILES string of the molecule is COc1ccc(C2(C)N=N2)cc1. The Morgan fingerprint density at radius 1 is 1.17 bits per heavy atom. The van der Waals surface area contributed by atoms with Crippen molar-refractivity contribution in [1.82, 2.24) is 0 Å². The van der Waals surface area contributed by atoms with Gasteiger partial charge >= 0.3 is 0 Å². The van der Waals surface area contributed by atoms with Crippen LogP contribution in [-0.2, 0) is 5.66 Å². The molecule has 12 heavy (non-hydrogen) atoms. The lowest BCUT2D eigenvalue weighted by Crippen LogP contribution is -2.00. The van der Waals surface area contributed by atoms with Crippen LogP contribution < -0.4 is 4.74 Å². The van der Waals surface area contributed by atoms with E-state index in [9.17, 15) is 0 Å². The third-order valence-corrected chi connectivity index (χ3v) is 2.04. The molecule has 0 saturated heterocycles. The van der Waals surface area contributed by atoms with Gasteiger partial charge in [-0.1, -0.05) is 12.1 Å². The minimum Gasteiger partial charge on any atom is -0.497 e. The van der Waals surface area contributed by atoms with Gasteiger partial charge < -0.3 is 4.74 Å². The smallest absolute Gasteiger partial charge is 0.213 e. The van der Waals surface area contributed by atoms with Crippen molar-refractivity contribution in [2.45, 2.75) is 12.6 Å². The van der Waals surface area contributed by atoms with Crippen molar-refractivity contribution in [2.75, 3.05) is 7.11 Å². The van der Waals surface area contributed by atoms with Crippen molar-refractivity contribution in [3.63, 3.8) is 0 Å². The zero-order valence-electron chi connectivity index (χ0n) is 7.11. The van der Waals surface area contributed by atoms with Crippen molar-refractivity contribution in [2.24, 2.45) is 10.2 Å². The molecule has 0 amide bonds. The Bertz CT molecular complexity index is 310. The Labute approximate surface area is 71.1 Å². The Kier molecular flexibility index (Phi) is 1.40. The van der Waals surface area contributed by atoms with Crippen molar-refractivity contribution < 1.29 is 4.74 Å². The summed E-state index contributed by atoms with van der Waals surface area (Å²) in [6.45, 7) is 1.98. The van der Waals surface area contributed by atoms with E-state index in [0.29, 0.717) is 0 Å². The molecule has 0 bridgehead atoms. The number of methoxy groups -OCH3 is 1. The molecule has 1 aliphatic heterocycles. The molecule has 3 nitrogen and oxygen atoms in total. The summed E-state index contributed by atoms with van der Waals surface area (Å²) in [7, 11) is 1.66. The van der Waals surface area contributed by atoms with Crippen LogP contribution in [0.3, 0.4) is 0 Å². The minimum absolute atomic E-state index is 0.272. The molecule has 0 aromatic heterocycles. The molecule has 0 fully saturated rings. The fourth-order valence-corrected chi connectivity index (χ4v) is 1.10. The fourth-order valence-electron chi connectivity index (χ4n) is 1.10. The molecule has 0 saturated carbocycles. The molecule has 2 rings (SSSR count). The van der Waals surface area contributed by atoms with Gasteiger partial charge in [0.05, 0.1) is 7.11 Å². The summed E-state index contributed by atoms with van der Waals surface area (Å²) in [5.41, 5.74) is 0.843. The summed E-state index contributed by atoms with van der Waals surface area (Å²) >= 11 is 0. The van der Waals surface area contributed by atoms with Crippen LogP contribution in [-0.4, -0.2) is 7.11 Å². The molecule has 0 N–H and O–H groups in total. The maximum atomic E-state index is 5.04. The number of benzene rings is 1. The summed E-state index contributed by atoms with van der Waals surface area (Å²) in [6, 6.07) is 7.81. The molecular weight excluding hydrogens is 152 g/mol. The normalized spacial score (nSPS) is 17.5. The number of ether oxygens (including phenoxy) is 1. The third kappa shape index (κ3) is 1.07. The first kappa shape index (κ1) is 7.28. The molecule has 0 aliphatic carbocycles. The molecule has 1 aliphatic rings. The van der Waals surface area contributed by atoms with E-state index >= 15 is 0 Å². The third-order valence-electron chi connectivity index (χ3n) is 2.04. The lowest BCUT2D eigenvalue weighted by Gasteiger charge is -2.04. The summed E-state index contributed by atoms with van der Waals surface area (Å²) in [6.07, 6.45) is 0. The Hall–Kier alpha value is -1.38. The maximum Gasteiger partial charge on any atom is 0.213 e. The van der Waals surface area contributed by atoms with Gasteiger partial charge in [-0.15, -0.1) is 0 Å². The highest BCUT2D eigenvalue weighted by Crippen LogP contribution is 2.38. The quantitative estimate of drug-likeness (QED) is 0.657. The van der Waals surface area contributed by atoms with Crippen LogP contribution in [0.25, 0.3) is 0 Å². The second-order valence-electron chi connectivity index (χ2n) is 2.95. The highest BCUT2D eigenvalue weighted by Gasteiger charge is 2.35. The molecule has 3 heteroatoms. The van der Waals surface area contributed by atoms with E-state index < -0.39 is 0 Å². The highest BCUT2D eigenvalue weighted by atomic mass is 16.5. The largest absolute Gasteiger partial charge is 0.497 e. The molecule has 0 atom stereocenters. The topological polar surface area (TPSA) is 34.0 Å². The van der Waals surface area contributed by atoms with Crippen LogP contribution in [0.15, 0.2) is 34.5 Å². The number of hydrogen-bond donors (Lipinski definition) is 0. The molecule has 0 spiro atoms. The monoisotopic (exact) mass is 162 g/mol. The van der Waals surface area contributed by atoms with Gasteiger partial charge in [-0.3, -0.25) is 0 Å². The first-order chi connectivity index (χ1) is 5.74. The van der Waals surface area contributed by atoms with E-state index in [1.54, 1.807) is 7.11 Å². The number of nitrogens with zero attached hydrogens (tertiary/aromatic N) is 2. The highest BCUT2D eigenvalue weighted by molar-refractivity contribution is 5.32. The van der Waals surface area contributed by atoms with Crippen LogP contribution in [0.5, 0.6) is 5.75 Å². The standard InChI is InChI=1S/C9H10N2O/c1-9(10-11-9)7-3-5-8(12-2)6-4-7/h3-6H,1-2H3. The molecule has 1 heterocycles. The van der Waals surface area contributed by atoms with Gasteiger partial charge in [0, 0.05) is 5.56 Å². The van der Waals surface area contributed by atoms with E-state index in [0.717, 1.165) is 11.3 Å². The van der Waals surface area contributed by atoms with Crippen molar-refractivity contribution in [3.05, 3.63) is 29.8 Å². The van der Waals surface area contributed by atoms with Crippen molar-refractivity contribution in [3.8, 4) is 5.75 Å². The van der Waals surface area contributed by atoms with Gasteiger partial charge in [-0.2, -0.15) is 10.2 Å². The Balaban J connectivity index is 2.25. The predicted octanol–water partition coefficient (Wildman–Crippen LogP) is 2.33. The van der Waals surface area contributed by atoms with Crippen LogP contribution >= 0.6 is 0 Å². The second kappa shape index (κ2) is 2.30. The minimum atomic E-state index is -0.272. The lowest BCUT2D eigenvalue weighted by molar-refractivity contribution is 0.414. The van der Waals surface area contributed by atoms with Gasteiger partial charge in [0.1, 0.15) is 5.75 Å². The Morgan fingerprint density at radius 3 is 2.17 bits per heavy atom. The van der Waals surface area contributed by atoms with Crippen molar-refractivity contribution in [1.29, 1.82) is 0 Å². The Morgan fingerprint density at radius 2 is 1.75 bits per heavy atom.